The number of hydrogen-bond donors (Lipinski definition) is 1. The number of amides is 3. The number of ether oxygens (including phenoxy) is 2. The van der Waals surface area contributed by atoms with Crippen molar-refractivity contribution in [2.24, 2.45) is 0 Å². The van der Waals surface area contributed by atoms with Gasteiger partial charge >= 0.3 is 6.09 Å². The van der Waals surface area contributed by atoms with E-state index in [2.05, 4.69) is 20.2 Å². The van der Waals surface area contributed by atoms with Gasteiger partial charge in [0.2, 0.25) is 0 Å². The van der Waals surface area contributed by atoms with Gasteiger partial charge in [-0.05, 0) is 70.8 Å². The van der Waals surface area contributed by atoms with Gasteiger partial charge in [0, 0.05) is 44.5 Å². The molecule has 12 heteroatoms. The predicted octanol–water partition coefficient (Wildman–Crippen LogP) is 3.89. The van der Waals surface area contributed by atoms with E-state index in [1.54, 1.807) is 46.5 Å². The first-order chi connectivity index (χ1) is 21.0. The zero-order valence-corrected chi connectivity index (χ0v) is 25.9. The summed E-state index contributed by atoms with van der Waals surface area (Å²) in [6.45, 7) is 9.29. The average molecular weight is 602 g/mol. The molecule has 0 unspecified atom stereocenters. The Labute approximate surface area is 257 Å². The number of anilines is 3. The highest BCUT2D eigenvalue weighted by Crippen LogP contribution is 2.31. The summed E-state index contributed by atoms with van der Waals surface area (Å²) in [7, 11) is 3.95. The standard InChI is InChI=1S/C32H39N7O5/c1-32(2,3)44-31(42)38-15-13-37(14-16-38)27-11-12-33-20-26(27)35-29(40)25-7-6-8-28(34-25)39-21-22-9-10-23(19-24(22)30(39)41)43-18-17-36(4)5/h6-12,19-20H,13-18,21H2,1-5H3,(H,35,40). The number of carbonyl (C=O) groups is 3. The lowest BCUT2D eigenvalue weighted by atomic mass is 10.1. The molecular weight excluding hydrogens is 562 g/mol. The summed E-state index contributed by atoms with van der Waals surface area (Å²) in [5, 5.41) is 2.94. The Kier molecular flexibility index (Phi) is 9.00. The van der Waals surface area contributed by atoms with Crippen LogP contribution in [0.15, 0.2) is 54.9 Å². The first kappa shape index (κ1) is 30.7. The molecule has 44 heavy (non-hydrogen) atoms. The maximum Gasteiger partial charge on any atom is 0.410 e. The third kappa shape index (κ3) is 7.25. The van der Waals surface area contributed by atoms with E-state index in [0.717, 1.165) is 17.8 Å². The number of nitrogens with one attached hydrogen (secondary N) is 1. The minimum absolute atomic E-state index is 0.170. The zero-order valence-electron chi connectivity index (χ0n) is 25.9. The molecule has 1 saturated heterocycles. The number of hydrogen-bond acceptors (Lipinski definition) is 9. The number of aromatic nitrogens is 2. The molecule has 0 spiro atoms. The van der Waals surface area contributed by atoms with E-state index in [4.69, 9.17) is 9.47 Å². The van der Waals surface area contributed by atoms with Crippen LogP contribution in [0, 0.1) is 0 Å². The van der Waals surface area contributed by atoms with Crippen LogP contribution in [0.2, 0.25) is 0 Å². The fraction of sp³-hybridized carbons (Fsp3) is 0.406. The predicted molar refractivity (Wildman–Crippen MR) is 167 cm³/mol. The molecule has 0 saturated carbocycles. The van der Waals surface area contributed by atoms with Crippen LogP contribution >= 0.6 is 0 Å². The number of benzene rings is 1. The van der Waals surface area contributed by atoms with Gasteiger partial charge in [-0.25, -0.2) is 9.78 Å². The lowest BCUT2D eigenvalue weighted by Gasteiger charge is -2.37. The van der Waals surface area contributed by atoms with Crippen molar-refractivity contribution in [3.63, 3.8) is 0 Å². The summed E-state index contributed by atoms with van der Waals surface area (Å²) >= 11 is 0. The molecule has 12 nitrogen and oxygen atoms in total. The maximum absolute atomic E-state index is 13.4. The lowest BCUT2D eigenvalue weighted by Crippen LogP contribution is -2.50. The van der Waals surface area contributed by atoms with Crippen LogP contribution in [0.3, 0.4) is 0 Å². The highest BCUT2D eigenvalue weighted by atomic mass is 16.6. The van der Waals surface area contributed by atoms with Crippen molar-refractivity contribution >= 4 is 35.1 Å². The maximum atomic E-state index is 13.4. The summed E-state index contributed by atoms with van der Waals surface area (Å²) in [6, 6.07) is 12.4. The molecule has 2 aliphatic rings. The molecule has 0 radical (unpaired) electrons. The number of piperazine rings is 1. The molecule has 2 aliphatic heterocycles. The van der Waals surface area contributed by atoms with E-state index in [1.807, 2.05) is 58.0 Å². The largest absolute Gasteiger partial charge is 0.492 e. The molecule has 232 valence electrons. The van der Waals surface area contributed by atoms with Crippen molar-refractivity contribution in [3.05, 3.63) is 71.7 Å². The second-order valence-corrected chi connectivity index (χ2v) is 12.0. The second-order valence-electron chi connectivity index (χ2n) is 12.0. The molecule has 0 atom stereocenters. The molecule has 3 aromatic rings. The highest BCUT2D eigenvalue weighted by molar-refractivity contribution is 6.10. The summed E-state index contributed by atoms with van der Waals surface area (Å²) < 4.78 is 11.3. The number of pyridine rings is 2. The van der Waals surface area contributed by atoms with E-state index >= 15 is 0 Å². The van der Waals surface area contributed by atoms with E-state index in [0.29, 0.717) is 62.1 Å². The first-order valence-corrected chi connectivity index (χ1v) is 14.7. The third-order valence-electron chi connectivity index (χ3n) is 7.25. The first-order valence-electron chi connectivity index (χ1n) is 14.7. The summed E-state index contributed by atoms with van der Waals surface area (Å²) in [5.41, 5.74) is 2.37. The van der Waals surface area contributed by atoms with E-state index in [9.17, 15) is 14.4 Å². The molecular formula is C32H39N7O5. The SMILES string of the molecule is CN(C)CCOc1ccc2c(c1)C(=O)N(c1cccc(C(=O)Nc3cnccc3N3CCN(C(=O)OC(C)(C)C)CC3)n1)C2. The van der Waals surface area contributed by atoms with E-state index < -0.39 is 11.5 Å². The third-order valence-corrected chi connectivity index (χ3v) is 7.25. The summed E-state index contributed by atoms with van der Waals surface area (Å²) in [6.07, 6.45) is 2.93. The number of nitrogens with zero attached hydrogens (tertiary/aromatic N) is 6. The zero-order chi connectivity index (χ0) is 31.4. The van der Waals surface area contributed by atoms with E-state index in [1.165, 1.54) is 0 Å². The topological polar surface area (TPSA) is 120 Å². The van der Waals surface area contributed by atoms with Gasteiger partial charge in [-0.3, -0.25) is 19.5 Å². The second kappa shape index (κ2) is 12.9. The summed E-state index contributed by atoms with van der Waals surface area (Å²) in [5.74, 6) is 0.413. The molecule has 1 fully saturated rings. The summed E-state index contributed by atoms with van der Waals surface area (Å²) in [4.78, 5) is 55.3. The minimum Gasteiger partial charge on any atom is -0.492 e. The Morgan fingerprint density at radius 2 is 1.82 bits per heavy atom. The van der Waals surface area contributed by atoms with Gasteiger partial charge in [-0.1, -0.05) is 12.1 Å². The molecule has 1 aromatic carbocycles. The molecule has 0 aliphatic carbocycles. The molecule has 5 rings (SSSR count). The van der Waals surface area contributed by atoms with Crippen LogP contribution < -0.4 is 19.9 Å². The van der Waals surface area contributed by atoms with Crippen LogP contribution in [0.5, 0.6) is 5.75 Å². The molecule has 1 N–H and O–H groups in total. The van der Waals surface area contributed by atoms with Gasteiger partial charge in [-0.15, -0.1) is 0 Å². The molecule has 4 heterocycles. The van der Waals surface area contributed by atoms with Gasteiger partial charge in [0.25, 0.3) is 11.8 Å². The number of rotatable bonds is 8. The quantitative estimate of drug-likeness (QED) is 0.410. The van der Waals surface area contributed by atoms with Crippen molar-refractivity contribution < 1.29 is 23.9 Å². The van der Waals surface area contributed by atoms with Crippen molar-refractivity contribution in [2.75, 3.05) is 68.5 Å². The Morgan fingerprint density at radius 1 is 1.05 bits per heavy atom. The molecule has 2 aromatic heterocycles. The molecule has 3 amide bonds. The fourth-order valence-corrected chi connectivity index (χ4v) is 5.00. The van der Waals surface area contributed by atoms with E-state index in [-0.39, 0.29) is 17.7 Å². The van der Waals surface area contributed by atoms with Crippen LogP contribution in [0.4, 0.5) is 22.0 Å². The van der Waals surface area contributed by atoms with Crippen LogP contribution in [-0.2, 0) is 11.3 Å². The van der Waals surface area contributed by atoms with Crippen molar-refractivity contribution in [1.82, 2.24) is 19.8 Å². The van der Waals surface area contributed by atoms with Crippen molar-refractivity contribution in [2.45, 2.75) is 32.9 Å². The normalized spacial score (nSPS) is 15.0. The molecule has 0 bridgehead atoms. The highest BCUT2D eigenvalue weighted by Gasteiger charge is 2.31. The number of likely N-dealkylation sites (N-methyl/N-ethyl adjacent to an activating group) is 1. The van der Waals surface area contributed by atoms with Gasteiger partial charge in [0.1, 0.15) is 29.5 Å². The smallest absolute Gasteiger partial charge is 0.410 e. The average Bonchev–Trinajstić information content (AvgIpc) is 3.32. The van der Waals surface area contributed by atoms with Crippen molar-refractivity contribution in [1.29, 1.82) is 0 Å². The Bertz CT molecular complexity index is 1530. The lowest BCUT2D eigenvalue weighted by molar-refractivity contribution is 0.0240. The monoisotopic (exact) mass is 601 g/mol. The van der Waals surface area contributed by atoms with Crippen LogP contribution in [0.25, 0.3) is 0 Å². The number of fused-ring (bicyclic) bond motifs is 1. The van der Waals surface area contributed by atoms with Crippen molar-refractivity contribution in [3.8, 4) is 5.75 Å². The Hall–Kier alpha value is -4.71. The van der Waals surface area contributed by atoms with Gasteiger partial charge in [0.05, 0.1) is 24.1 Å². The Morgan fingerprint density at radius 3 is 2.55 bits per heavy atom. The van der Waals surface area contributed by atoms with Gasteiger partial charge in [-0.2, -0.15) is 0 Å². The minimum atomic E-state index is -0.557. The fourth-order valence-electron chi connectivity index (χ4n) is 5.00. The van der Waals surface area contributed by atoms with Gasteiger partial charge < -0.3 is 29.5 Å². The van der Waals surface area contributed by atoms with Gasteiger partial charge in [0.15, 0.2) is 0 Å². The van der Waals surface area contributed by atoms with Crippen LogP contribution in [-0.4, -0.2) is 96.7 Å². The number of carbonyl (C=O) groups excluding carboxylic acids is 3. The van der Waals surface area contributed by atoms with Crippen LogP contribution in [0.1, 0.15) is 47.2 Å². The Balaban J connectivity index is 1.24.